The summed E-state index contributed by atoms with van der Waals surface area (Å²) in [6.45, 7) is 7.84. The van der Waals surface area contributed by atoms with Gasteiger partial charge >= 0.3 is 0 Å². The summed E-state index contributed by atoms with van der Waals surface area (Å²) < 4.78 is 10.4. The molecule has 22 heavy (non-hydrogen) atoms. The van der Waals surface area contributed by atoms with Crippen LogP contribution in [0.25, 0.3) is 0 Å². The van der Waals surface area contributed by atoms with Crippen molar-refractivity contribution in [1.82, 2.24) is 10.6 Å². The number of carbonyl (C=O) groups is 2. The third-order valence-corrected chi connectivity index (χ3v) is 3.74. The largest absolute Gasteiger partial charge is 0.491 e. The number of hydrogen-bond acceptors (Lipinski definition) is 6. The van der Waals surface area contributed by atoms with Crippen molar-refractivity contribution in [2.45, 2.75) is 52.6 Å². The fourth-order valence-electron chi connectivity index (χ4n) is 2.01. The lowest BCUT2D eigenvalue weighted by atomic mass is 10.00. The molecule has 1 aliphatic rings. The minimum absolute atomic E-state index is 0.0249. The Labute approximate surface area is 131 Å². The summed E-state index contributed by atoms with van der Waals surface area (Å²) in [5, 5.41) is 6.09. The molecule has 0 aromatic carbocycles. The van der Waals surface area contributed by atoms with Crippen molar-refractivity contribution in [2.75, 3.05) is 14.2 Å². The van der Waals surface area contributed by atoms with Crippen molar-refractivity contribution in [1.29, 1.82) is 0 Å². The van der Waals surface area contributed by atoms with E-state index < -0.39 is 0 Å². The first-order valence-electron chi connectivity index (χ1n) is 7.60. The summed E-state index contributed by atoms with van der Waals surface area (Å²) in [5.41, 5.74) is 0.321. The van der Waals surface area contributed by atoms with E-state index >= 15 is 0 Å². The van der Waals surface area contributed by atoms with Gasteiger partial charge in [-0.1, -0.05) is 13.8 Å². The molecule has 0 bridgehead atoms. The summed E-state index contributed by atoms with van der Waals surface area (Å²) in [7, 11) is 2.77. The summed E-state index contributed by atoms with van der Waals surface area (Å²) in [6.07, 6.45) is 1.62. The minimum atomic E-state index is -0.370. The van der Waals surface area contributed by atoms with Gasteiger partial charge in [0.2, 0.25) is 11.6 Å². The molecule has 0 saturated carbocycles. The molecular weight excluding hydrogens is 284 g/mol. The van der Waals surface area contributed by atoms with E-state index in [2.05, 4.69) is 10.6 Å². The maximum absolute atomic E-state index is 12.6. The van der Waals surface area contributed by atoms with Crippen LogP contribution < -0.4 is 10.6 Å². The third kappa shape index (κ3) is 3.61. The van der Waals surface area contributed by atoms with Gasteiger partial charge in [-0.2, -0.15) is 0 Å². The van der Waals surface area contributed by atoms with Gasteiger partial charge in [0, 0.05) is 12.1 Å². The highest BCUT2D eigenvalue weighted by Gasteiger charge is 2.37. The lowest BCUT2D eigenvalue weighted by Gasteiger charge is -2.26. The fourth-order valence-corrected chi connectivity index (χ4v) is 2.01. The Morgan fingerprint density at radius 1 is 0.818 bits per heavy atom. The maximum atomic E-state index is 12.6. The van der Waals surface area contributed by atoms with Crippen LogP contribution in [-0.4, -0.2) is 37.9 Å². The van der Waals surface area contributed by atoms with Crippen LogP contribution in [0.2, 0.25) is 0 Å². The summed E-state index contributed by atoms with van der Waals surface area (Å²) >= 11 is 0. The molecule has 2 atom stereocenters. The number of carbonyl (C=O) groups excluding carboxylic acids is 2. The van der Waals surface area contributed by atoms with Crippen molar-refractivity contribution < 1.29 is 19.1 Å². The number of methoxy groups -OCH3 is 2. The molecule has 0 heterocycles. The molecule has 6 heteroatoms. The van der Waals surface area contributed by atoms with E-state index in [1.54, 1.807) is 0 Å². The monoisotopic (exact) mass is 310 g/mol. The molecule has 6 nitrogen and oxygen atoms in total. The van der Waals surface area contributed by atoms with E-state index in [0.29, 0.717) is 0 Å². The van der Waals surface area contributed by atoms with Crippen molar-refractivity contribution in [3.05, 3.63) is 22.9 Å². The number of nitrogens with one attached hydrogen (secondary N) is 2. The molecule has 0 amide bonds. The zero-order chi connectivity index (χ0) is 16.9. The number of hydrogen-bond donors (Lipinski definition) is 2. The van der Waals surface area contributed by atoms with Gasteiger partial charge in [-0.3, -0.25) is 9.59 Å². The van der Waals surface area contributed by atoms with E-state index in [0.717, 1.165) is 12.8 Å². The van der Waals surface area contributed by atoms with Crippen molar-refractivity contribution in [3.8, 4) is 0 Å². The van der Waals surface area contributed by atoms with Gasteiger partial charge in [-0.15, -0.1) is 0 Å². The first-order chi connectivity index (χ1) is 10.4. The molecule has 124 valence electrons. The lowest BCUT2D eigenvalue weighted by molar-refractivity contribution is -0.121. The van der Waals surface area contributed by atoms with Crippen LogP contribution in [0.5, 0.6) is 0 Å². The first-order valence-corrected chi connectivity index (χ1v) is 7.60. The van der Waals surface area contributed by atoms with Gasteiger partial charge < -0.3 is 20.1 Å². The average Bonchev–Trinajstić information content (AvgIpc) is 2.52. The molecule has 1 rings (SSSR count). The van der Waals surface area contributed by atoms with Gasteiger partial charge in [0.05, 0.1) is 14.2 Å². The first kappa shape index (κ1) is 18.1. The van der Waals surface area contributed by atoms with Gasteiger partial charge in [-0.05, 0) is 26.7 Å². The zero-order valence-electron chi connectivity index (χ0n) is 14.2. The second kappa shape index (κ2) is 7.87. The molecular formula is C16H26N2O4. The van der Waals surface area contributed by atoms with E-state index in [1.807, 2.05) is 27.7 Å². The predicted octanol–water partition coefficient (Wildman–Crippen LogP) is 1.63. The molecule has 2 N–H and O–H groups in total. The third-order valence-electron chi connectivity index (χ3n) is 3.74. The number of ether oxygens (including phenoxy) is 2. The van der Waals surface area contributed by atoms with Crippen LogP contribution in [0.1, 0.15) is 40.5 Å². The topological polar surface area (TPSA) is 76.7 Å². The normalized spacial score (nSPS) is 18.3. The highest BCUT2D eigenvalue weighted by Crippen LogP contribution is 2.24. The quantitative estimate of drug-likeness (QED) is 0.664. The Morgan fingerprint density at radius 2 is 1.14 bits per heavy atom. The molecule has 0 aromatic rings. The second-order valence-electron chi connectivity index (χ2n) is 5.38. The van der Waals surface area contributed by atoms with Crippen LogP contribution in [-0.2, 0) is 19.1 Å². The second-order valence-corrected chi connectivity index (χ2v) is 5.38. The van der Waals surface area contributed by atoms with Crippen molar-refractivity contribution in [3.63, 3.8) is 0 Å². The van der Waals surface area contributed by atoms with Crippen LogP contribution in [0.3, 0.4) is 0 Å². The Kier molecular flexibility index (Phi) is 6.46. The van der Waals surface area contributed by atoms with Gasteiger partial charge in [0.15, 0.2) is 11.5 Å². The maximum Gasteiger partial charge on any atom is 0.249 e. The Balaban J connectivity index is 3.26. The smallest absolute Gasteiger partial charge is 0.249 e. The lowest BCUT2D eigenvalue weighted by Crippen LogP contribution is -2.41. The van der Waals surface area contributed by atoms with Crippen LogP contribution >= 0.6 is 0 Å². The molecule has 0 radical (unpaired) electrons. The van der Waals surface area contributed by atoms with Crippen LogP contribution in [0.4, 0.5) is 0 Å². The molecule has 0 spiro atoms. The summed E-state index contributed by atoms with van der Waals surface area (Å²) in [4.78, 5) is 25.3. The highest BCUT2D eigenvalue weighted by atomic mass is 16.5. The van der Waals surface area contributed by atoms with Crippen LogP contribution in [0.15, 0.2) is 22.9 Å². The standard InChI is InChI=1S/C16H26N2O4/c1-7-9(3)17-11-13(19)16(22-6)12(18-10(4)8-2)14(20)15(11)21-5/h9-10,17-18H,7-8H2,1-6H3/t9-,10-/m0/s1. The van der Waals surface area contributed by atoms with Crippen molar-refractivity contribution in [2.24, 2.45) is 0 Å². The van der Waals surface area contributed by atoms with E-state index in [4.69, 9.17) is 9.47 Å². The van der Waals surface area contributed by atoms with Gasteiger partial charge in [-0.25, -0.2) is 0 Å². The van der Waals surface area contributed by atoms with Gasteiger partial charge in [0.25, 0.3) is 0 Å². The predicted molar refractivity (Wildman–Crippen MR) is 83.9 cm³/mol. The Hall–Kier alpha value is -1.98. The van der Waals surface area contributed by atoms with Crippen molar-refractivity contribution >= 4 is 11.6 Å². The number of rotatable bonds is 8. The van der Waals surface area contributed by atoms with E-state index in [-0.39, 0.29) is 46.6 Å². The fraction of sp³-hybridized carbons (Fsp3) is 0.625. The Bertz CT molecular complexity index is 462. The molecule has 0 aromatic heterocycles. The summed E-state index contributed by atoms with van der Waals surface area (Å²) in [6, 6.07) is 0.0816. The molecule has 0 unspecified atom stereocenters. The van der Waals surface area contributed by atoms with Crippen LogP contribution in [0, 0.1) is 0 Å². The van der Waals surface area contributed by atoms with Gasteiger partial charge in [0.1, 0.15) is 11.4 Å². The number of ketones is 2. The zero-order valence-corrected chi connectivity index (χ0v) is 14.2. The molecule has 0 saturated heterocycles. The minimum Gasteiger partial charge on any atom is -0.491 e. The average molecular weight is 310 g/mol. The molecule has 0 aliphatic heterocycles. The summed E-state index contributed by atoms with van der Waals surface area (Å²) in [5.74, 6) is -0.691. The van der Waals surface area contributed by atoms with E-state index in [1.165, 1.54) is 14.2 Å². The van der Waals surface area contributed by atoms with E-state index in [9.17, 15) is 9.59 Å². The number of Topliss-reactive ketones (excluding diaryl/α,β-unsaturated/α-hetero) is 2. The SMILES string of the molecule is CC[C@H](C)NC1=C(OC)C(=O)C(N[C@@H](C)CC)=C(OC)C1=O. The molecule has 1 aliphatic carbocycles. The molecule has 0 fully saturated rings. The highest BCUT2D eigenvalue weighted by molar-refractivity contribution is 6.23. The Morgan fingerprint density at radius 3 is 1.36 bits per heavy atom.